The predicted molar refractivity (Wildman–Crippen MR) is 73.3 cm³/mol. The molecule has 4 nitrogen and oxygen atoms in total. The molecule has 0 atom stereocenters. The topological polar surface area (TPSA) is 60.2 Å². The maximum Gasteiger partial charge on any atom is 0.119 e. The second-order valence-corrected chi connectivity index (χ2v) is 3.95. The first-order valence-electron chi connectivity index (χ1n) is 5.99. The number of benzene rings is 1. The molecule has 4 heteroatoms. The van der Waals surface area contributed by atoms with Crippen molar-refractivity contribution in [2.24, 2.45) is 5.84 Å². The summed E-state index contributed by atoms with van der Waals surface area (Å²) < 4.78 is 5.54. The number of hydrogen-bond acceptors (Lipinski definition) is 4. The highest BCUT2D eigenvalue weighted by Crippen LogP contribution is 2.22. The number of hydrogen-bond donors (Lipinski definition) is 2. The first-order valence-corrected chi connectivity index (χ1v) is 5.99. The van der Waals surface area contributed by atoms with E-state index in [4.69, 9.17) is 10.6 Å². The predicted octanol–water partition coefficient (Wildman–Crippen LogP) is 2.82. The zero-order valence-corrected chi connectivity index (χ0v) is 10.4. The van der Waals surface area contributed by atoms with Crippen molar-refractivity contribution in [3.8, 4) is 17.0 Å². The third-order valence-electron chi connectivity index (χ3n) is 2.55. The maximum atomic E-state index is 5.54. The molecule has 0 radical (unpaired) electrons. The first-order chi connectivity index (χ1) is 8.83. The van der Waals surface area contributed by atoms with Crippen LogP contribution in [0.1, 0.15) is 13.3 Å². The van der Waals surface area contributed by atoms with Crippen molar-refractivity contribution in [1.29, 1.82) is 0 Å². The Morgan fingerprint density at radius 2 is 2.00 bits per heavy atom. The number of rotatable bonds is 5. The molecule has 1 aromatic carbocycles. The lowest BCUT2D eigenvalue weighted by atomic mass is 10.1. The Balaban J connectivity index is 2.17. The van der Waals surface area contributed by atoms with Crippen LogP contribution in [0.4, 0.5) is 5.69 Å². The molecule has 0 aliphatic heterocycles. The van der Waals surface area contributed by atoms with E-state index >= 15 is 0 Å². The van der Waals surface area contributed by atoms with Crippen LogP contribution in [0.25, 0.3) is 11.3 Å². The summed E-state index contributed by atoms with van der Waals surface area (Å²) >= 11 is 0. The minimum atomic E-state index is 0.740. The van der Waals surface area contributed by atoms with Crippen LogP contribution in [0.15, 0.2) is 42.6 Å². The van der Waals surface area contributed by atoms with Gasteiger partial charge in [0.15, 0.2) is 0 Å². The molecule has 0 saturated heterocycles. The van der Waals surface area contributed by atoms with Gasteiger partial charge in [-0.05, 0) is 42.8 Å². The van der Waals surface area contributed by atoms with E-state index < -0.39 is 0 Å². The van der Waals surface area contributed by atoms with E-state index in [9.17, 15) is 0 Å². The van der Waals surface area contributed by atoms with E-state index in [1.165, 1.54) is 0 Å². The molecule has 0 aliphatic carbocycles. The van der Waals surface area contributed by atoms with Crippen molar-refractivity contribution in [2.75, 3.05) is 12.0 Å². The fourth-order valence-corrected chi connectivity index (χ4v) is 1.62. The Labute approximate surface area is 107 Å². The molecule has 0 fully saturated rings. The molecule has 94 valence electrons. The molecule has 1 aromatic heterocycles. The Bertz CT molecular complexity index is 497. The van der Waals surface area contributed by atoms with Gasteiger partial charge < -0.3 is 10.2 Å². The molecule has 0 spiro atoms. The summed E-state index contributed by atoms with van der Waals surface area (Å²) in [4.78, 5) is 4.31. The second kappa shape index (κ2) is 6.02. The zero-order valence-electron chi connectivity index (χ0n) is 10.4. The van der Waals surface area contributed by atoms with Gasteiger partial charge in [-0.1, -0.05) is 6.92 Å². The molecule has 0 unspecified atom stereocenters. The normalized spacial score (nSPS) is 10.1. The minimum absolute atomic E-state index is 0.740. The molecular weight excluding hydrogens is 226 g/mol. The summed E-state index contributed by atoms with van der Waals surface area (Å²) in [6, 6.07) is 11.6. The smallest absolute Gasteiger partial charge is 0.119 e. The number of ether oxygens (including phenoxy) is 1. The van der Waals surface area contributed by atoms with Gasteiger partial charge in [0, 0.05) is 11.8 Å². The Morgan fingerprint density at radius 3 is 2.67 bits per heavy atom. The highest BCUT2D eigenvalue weighted by atomic mass is 16.5. The molecule has 2 rings (SSSR count). The monoisotopic (exact) mass is 243 g/mol. The minimum Gasteiger partial charge on any atom is -0.494 e. The van der Waals surface area contributed by atoms with Crippen LogP contribution >= 0.6 is 0 Å². The molecule has 18 heavy (non-hydrogen) atoms. The molecule has 1 heterocycles. The fourth-order valence-electron chi connectivity index (χ4n) is 1.62. The van der Waals surface area contributed by atoms with E-state index in [2.05, 4.69) is 17.3 Å². The molecule has 0 amide bonds. The maximum absolute atomic E-state index is 5.54. The highest BCUT2D eigenvalue weighted by molar-refractivity contribution is 5.64. The lowest BCUT2D eigenvalue weighted by molar-refractivity contribution is 0.317. The standard InChI is InChI=1S/C14H17N3O/c1-2-9-18-13-5-3-11(4-6-13)14-10-12(17-15)7-8-16-14/h3-8,10H,2,9,15H2,1H3,(H,16,17). The lowest BCUT2D eigenvalue weighted by Gasteiger charge is -2.06. The van der Waals surface area contributed by atoms with Gasteiger partial charge >= 0.3 is 0 Å². The zero-order chi connectivity index (χ0) is 12.8. The van der Waals surface area contributed by atoms with Crippen LogP contribution in [0, 0.1) is 0 Å². The van der Waals surface area contributed by atoms with E-state index in [0.717, 1.165) is 35.7 Å². The second-order valence-electron chi connectivity index (χ2n) is 3.95. The largest absolute Gasteiger partial charge is 0.494 e. The van der Waals surface area contributed by atoms with E-state index in [0.29, 0.717) is 0 Å². The van der Waals surface area contributed by atoms with Crippen LogP contribution < -0.4 is 16.0 Å². The quantitative estimate of drug-likeness (QED) is 0.626. The summed E-state index contributed by atoms with van der Waals surface area (Å²) in [6.45, 7) is 2.83. The van der Waals surface area contributed by atoms with Crippen LogP contribution in [0.3, 0.4) is 0 Å². The van der Waals surface area contributed by atoms with Crippen LogP contribution in [0.2, 0.25) is 0 Å². The van der Waals surface area contributed by atoms with Crippen molar-refractivity contribution in [3.63, 3.8) is 0 Å². The number of nitrogens with two attached hydrogens (primary N) is 1. The average Bonchev–Trinajstić information content (AvgIpc) is 2.46. The Hall–Kier alpha value is -2.07. The molecule has 0 aliphatic rings. The molecule has 3 N–H and O–H groups in total. The number of nitrogen functional groups attached to an aromatic ring is 1. The number of nitrogens with one attached hydrogen (secondary N) is 1. The summed E-state index contributed by atoms with van der Waals surface area (Å²) in [7, 11) is 0. The van der Waals surface area contributed by atoms with Gasteiger partial charge in [-0.15, -0.1) is 0 Å². The number of nitrogens with zero attached hydrogens (tertiary/aromatic N) is 1. The fraction of sp³-hybridized carbons (Fsp3) is 0.214. The molecular formula is C14H17N3O. The van der Waals surface area contributed by atoms with Crippen LogP contribution in [0.5, 0.6) is 5.75 Å². The molecule has 2 aromatic rings. The number of pyridine rings is 1. The number of hydrazine groups is 1. The van der Waals surface area contributed by atoms with E-state index in [1.807, 2.05) is 36.4 Å². The highest BCUT2D eigenvalue weighted by Gasteiger charge is 2.01. The Morgan fingerprint density at radius 1 is 1.22 bits per heavy atom. The third kappa shape index (κ3) is 2.99. The van der Waals surface area contributed by atoms with Gasteiger partial charge in [-0.3, -0.25) is 10.8 Å². The van der Waals surface area contributed by atoms with Crippen LogP contribution in [-0.2, 0) is 0 Å². The van der Waals surface area contributed by atoms with Crippen molar-refractivity contribution in [1.82, 2.24) is 4.98 Å². The molecule has 0 saturated carbocycles. The van der Waals surface area contributed by atoms with E-state index in [1.54, 1.807) is 6.20 Å². The van der Waals surface area contributed by atoms with Crippen LogP contribution in [-0.4, -0.2) is 11.6 Å². The third-order valence-corrected chi connectivity index (χ3v) is 2.55. The van der Waals surface area contributed by atoms with Crippen molar-refractivity contribution in [2.45, 2.75) is 13.3 Å². The summed E-state index contributed by atoms with van der Waals surface area (Å²) in [6.07, 6.45) is 2.74. The average molecular weight is 243 g/mol. The SMILES string of the molecule is CCCOc1ccc(-c2cc(NN)ccn2)cc1. The summed E-state index contributed by atoms with van der Waals surface area (Å²) in [5.74, 6) is 6.26. The van der Waals surface area contributed by atoms with Gasteiger partial charge in [0.1, 0.15) is 5.75 Å². The summed E-state index contributed by atoms with van der Waals surface area (Å²) in [5.41, 5.74) is 5.37. The van der Waals surface area contributed by atoms with Gasteiger partial charge in [0.2, 0.25) is 0 Å². The van der Waals surface area contributed by atoms with Gasteiger partial charge in [-0.2, -0.15) is 0 Å². The van der Waals surface area contributed by atoms with Crippen molar-refractivity contribution < 1.29 is 4.74 Å². The Kier molecular flexibility index (Phi) is 4.15. The molecule has 0 bridgehead atoms. The summed E-state index contributed by atoms with van der Waals surface area (Å²) in [5, 5.41) is 0. The van der Waals surface area contributed by atoms with Gasteiger partial charge in [-0.25, -0.2) is 0 Å². The number of aromatic nitrogens is 1. The van der Waals surface area contributed by atoms with E-state index in [-0.39, 0.29) is 0 Å². The van der Waals surface area contributed by atoms with Gasteiger partial charge in [0.05, 0.1) is 18.0 Å². The number of anilines is 1. The van der Waals surface area contributed by atoms with Gasteiger partial charge in [0.25, 0.3) is 0 Å². The first kappa shape index (κ1) is 12.4. The van der Waals surface area contributed by atoms with Crippen molar-refractivity contribution in [3.05, 3.63) is 42.6 Å². The van der Waals surface area contributed by atoms with Crippen molar-refractivity contribution >= 4 is 5.69 Å². The lowest BCUT2D eigenvalue weighted by Crippen LogP contribution is -2.06.